The molecule has 4 rings (SSSR count). The molecule has 2 aliphatic rings. The summed E-state index contributed by atoms with van der Waals surface area (Å²) >= 11 is 4.39. The Morgan fingerprint density at radius 3 is 1.94 bits per heavy atom. The van der Waals surface area contributed by atoms with Crippen LogP contribution in [0.25, 0.3) is 0 Å². The lowest BCUT2D eigenvalue weighted by Crippen LogP contribution is -2.65. The zero-order valence-corrected chi connectivity index (χ0v) is 20.3. The van der Waals surface area contributed by atoms with Gasteiger partial charge in [-0.05, 0) is 30.4 Å². The van der Waals surface area contributed by atoms with Gasteiger partial charge >= 0.3 is 5.91 Å². The molecule has 1 saturated carbocycles. The molecule has 1 unspecified atom stereocenters. The summed E-state index contributed by atoms with van der Waals surface area (Å²) in [5, 5.41) is -0.321. The highest BCUT2D eigenvalue weighted by molar-refractivity contribution is 7.96. The number of likely N-dealkylation sites (tertiary alicyclic amines) is 1. The summed E-state index contributed by atoms with van der Waals surface area (Å²) in [6, 6.07) is 19.2. The van der Waals surface area contributed by atoms with Crippen molar-refractivity contribution in [2.75, 3.05) is 13.1 Å². The highest BCUT2D eigenvalue weighted by Gasteiger charge is 2.66. The molecule has 0 spiro atoms. The van der Waals surface area contributed by atoms with Gasteiger partial charge in [-0.1, -0.05) is 99.5 Å². The van der Waals surface area contributed by atoms with Gasteiger partial charge in [0.05, 0.1) is 18.5 Å². The monoisotopic (exact) mass is 464 g/mol. The van der Waals surface area contributed by atoms with Crippen LogP contribution in [0.5, 0.6) is 0 Å². The van der Waals surface area contributed by atoms with Gasteiger partial charge in [0.2, 0.25) is 5.12 Å². The second-order valence-electron chi connectivity index (χ2n) is 9.68. The standard InChI is InChI=1S/C28H33NO3S/c1-2-19-29(26(31)24(30)21-12-6-3-7-13-21)20-18-28(25(29)27(32)33,22-14-8-4-9-15-22)23-16-10-5-11-17-23/h4-5,8-11,14-17,21,25H,2-3,6-7,12-13,18-20H2,1H3/p+1/t25-,29?/m1/s1. The van der Waals surface area contributed by atoms with Crippen molar-refractivity contribution in [3.8, 4) is 0 Å². The second-order valence-corrected chi connectivity index (χ2v) is 10.1. The predicted octanol–water partition coefficient (Wildman–Crippen LogP) is 5.10. The molecule has 2 fully saturated rings. The molecule has 0 radical (unpaired) electrons. The summed E-state index contributed by atoms with van der Waals surface area (Å²) in [4.78, 5) is 41.0. The minimum atomic E-state index is -0.745. The maximum Gasteiger partial charge on any atom is 0.382 e. The van der Waals surface area contributed by atoms with Crippen molar-refractivity contribution in [3.63, 3.8) is 0 Å². The van der Waals surface area contributed by atoms with Crippen molar-refractivity contribution < 1.29 is 18.9 Å². The number of amides is 1. The van der Waals surface area contributed by atoms with Crippen LogP contribution >= 0.6 is 12.6 Å². The zero-order chi connectivity index (χ0) is 23.5. The fourth-order valence-electron chi connectivity index (χ4n) is 6.45. The van der Waals surface area contributed by atoms with Crippen molar-refractivity contribution in [1.29, 1.82) is 0 Å². The summed E-state index contributed by atoms with van der Waals surface area (Å²) in [6.45, 7) is 2.95. The Morgan fingerprint density at radius 2 is 1.45 bits per heavy atom. The molecule has 1 heterocycles. The lowest BCUT2D eigenvalue weighted by Gasteiger charge is -2.42. The Bertz CT molecular complexity index is 961. The normalized spacial score (nSPS) is 25.0. The molecule has 33 heavy (non-hydrogen) atoms. The van der Waals surface area contributed by atoms with Gasteiger partial charge in [0.25, 0.3) is 5.78 Å². The Kier molecular flexibility index (Phi) is 7.20. The molecule has 4 nitrogen and oxygen atoms in total. The van der Waals surface area contributed by atoms with Gasteiger partial charge in [-0.2, -0.15) is 0 Å². The largest absolute Gasteiger partial charge is 0.382 e. The quantitative estimate of drug-likeness (QED) is 0.352. The van der Waals surface area contributed by atoms with Crippen molar-refractivity contribution >= 4 is 29.4 Å². The fraction of sp³-hybridized carbons (Fsp3) is 0.464. The SMILES string of the molecule is CCC[N+]1(C(=O)C(=O)C2CCCCC2)CCC(c2ccccc2)(c2ccccc2)[C@H]1C(=O)S. The van der Waals surface area contributed by atoms with E-state index < -0.39 is 11.5 Å². The molecule has 2 atom stereocenters. The predicted molar refractivity (Wildman–Crippen MR) is 133 cm³/mol. The van der Waals surface area contributed by atoms with Gasteiger partial charge in [0, 0.05) is 12.3 Å². The van der Waals surface area contributed by atoms with E-state index in [0.717, 1.165) is 43.2 Å². The minimum Gasteiger partial charge on any atom is -0.284 e. The molecule has 1 saturated heterocycles. The average molecular weight is 465 g/mol. The molecular weight excluding hydrogens is 430 g/mol. The lowest BCUT2D eigenvalue weighted by atomic mass is 9.69. The number of ketones is 1. The van der Waals surface area contributed by atoms with Gasteiger partial charge < -0.3 is 0 Å². The van der Waals surface area contributed by atoms with E-state index >= 15 is 0 Å². The van der Waals surface area contributed by atoms with Crippen molar-refractivity contribution in [3.05, 3.63) is 71.8 Å². The maximum absolute atomic E-state index is 14.1. The van der Waals surface area contributed by atoms with Crippen LogP contribution in [0.4, 0.5) is 0 Å². The van der Waals surface area contributed by atoms with Crippen LogP contribution in [0, 0.1) is 5.92 Å². The summed E-state index contributed by atoms with van der Waals surface area (Å²) in [5.41, 5.74) is 1.29. The molecule has 1 aliphatic heterocycles. The van der Waals surface area contributed by atoms with Crippen molar-refractivity contribution in [2.24, 2.45) is 5.92 Å². The number of rotatable bonds is 7. The maximum atomic E-state index is 14.1. The molecule has 1 aliphatic carbocycles. The van der Waals surface area contributed by atoms with Gasteiger partial charge in [0.15, 0.2) is 6.04 Å². The summed E-state index contributed by atoms with van der Waals surface area (Å²) in [6.07, 6.45) is 5.98. The molecule has 2 aromatic carbocycles. The van der Waals surface area contributed by atoms with Gasteiger partial charge in [-0.3, -0.25) is 9.59 Å². The summed E-state index contributed by atoms with van der Waals surface area (Å²) < 4.78 is -0.113. The minimum absolute atomic E-state index is 0.113. The topological polar surface area (TPSA) is 51.2 Å². The van der Waals surface area contributed by atoms with Crippen LogP contribution < -0.4 is 0 Å². The van der Waals surface area contributed by atoms with Crippen LogP contribution in [0.1, 0.15) is 63.0 Å². The summed E-state index contributed by atoms with van der Waals surface area (Å²) in [7, 11) is 0. The van der Waals surface area contributed by atoms with Gasteiger partial charge in [-0.15, -0.1) is 0 Å². The average Bonchev–Trinajstić information content (AvgIpc) is 3.22. The molecule has 174 valence electrons. The van der Waals surface area contributed by atoms with E-state index in [2.05, 4.69) is 12.6 Å². The molecule has 5 heteroatoms. The van der Waals surface area contributed by atoms with Gasteiger partial charge in [-0.25, -0.2) is 9.28 Å². The Balaban J connectivity index is 1.88. The fourth-order valence-corrected chi connectivity index (χ4v) is 6.89. The van der Waals surface area contributed by atoms with Crippen molar-refractivity contribution in [1.82, 2.24) is 0 Å². The van der Waals surface area contributed by atoms with Crippen LogP contribution in [0.15, 0.2) is 60.7 Å². The van der Waals surface area contributed by atoms with Crippen LogP contribution in [-0.2, 0) is 19.8 Å². The van der Waals surface area contributed by atoms with E-state index in [-0.39, 0.29) is 27.2 Å². The zero-order valence-electron chi connectivity index (χ0n) is 19.4. The highest BCUT2D eigenvalue weighted by atomic mass is 32.1. The first-order valence-electron chi connectivity index (χ1n) is 12.3. The Labute approximate surface area is 202 Å². The third-order valence-corrected chi connectivity index (χ3v) is 8.14. The molecule has 0 bridgehead atoms. The van der Waals surface area contributed by atoms with E-state index in [4.69, 9.17) is 0 Å². The number of carbonyl (C=O) groups excluding carboxylic acids is 3. The number of carbonyl (C=O) groups is 3. The molecule has 1 amide bonds. The molecule has 2 aromatic rings. The smallest absolute Gasteiger partial charge is 0.284 e. The van der Waals surface area contributed by atoms with E-state index in [1.54, 1.807) is 0 Å². The van der Waals surface area contributed by atoms with E-state index in [1.807, 2.05) is 67.6 Å². The Hall–Kier alpha value is -2.24. The third kappa shape index (κ3) is 4.10. The van der Waals surface area contributed by atoms with E-state index in [9.17, 15) is 14.4 Å². The molecule has 0 aromatic heterocycles. The highest BCUT2D eigenvalue weighted by Crippen LogP contribution is 2.50. The molecule has 0 N–H and O–H groups in total. The number of benzene rings is 2. The van der Waals surface area contributed by atoms with E-state index in [1.165, 1.54) is 0 Å². The number of quaternary nitrogens is 1. The number of Topliss-reactive ketones (excluding diaryl/α,β-unsaturated/α-hetero) is 1. The first kappa shape index (κ1) is 23.9. The summed E-state index contributed by atoms with van der Waals surface area (Å²) in [5.74, 6) is -0.873. The number of thiol groups is 1. The van der Waals surface area contributed by atoms with Crippen LogP contribution in [-0.4, -0.2) is 40.4 Å². The van der Waals surface area contributed by atoms with Crippen LogP contribution in [0.2, 0.25) is 0 Å². The molecular formula is C28H34NO3S+. The number of nitrogens with zero attached hydrogens (tertiary/aromatic N) is 1. The van der Waals surface area contributed by atoms with Crippen molar-refractivity contribution in [2.45, 2.75) is 63.3 Å². The van der Waals surface area contributed by atoms with Crippen LogP contribution in [0.3, 0.4) is 0 Å². The second kappa shape index (κ2) is 9.94. The van der Waals surface area contributed by atoms with Gasteiger partial charge in [0.1, 0.15) is 0 Å². The number of hydrogen-bond acceptors (Lipinski definition) is 3. The first-order valence-corrected chi connectivity index (χ1v) is 12.7. The first-order chi connectivity index (χ1) is 16.0. The Morgan fingerprint density at radius 1 is 0.909 bits per heavy atom. The van der Waals surface area contributed by atoms with E-state index in [0.29, 0.717) is 25.9 Å². The lowest BCUT2D eigenvalue weighted by molar-refractivity contribution is -0.855. The number of hydrogen-bond donors (Lipinski definition) is 1. The third-order valence-electron chi connectivity index (χ3n) is 7.89.